The van der Waals surface area contributed by atoms with E-state index in [1.54, 1.807) is 6.20 Å². The zero-order valence-corrected chi connectivity index (χ0v) is 15.9. The molecule has 7 nitrogen and oxygen atoms in total. The van der Waals surface area contributed by atoms with Gasteiger partial charge >= 0.3 is 5.97 Å². The maximum absolute atomic E-state index is 13.2. The third kappa shape index (κ3) is 3.84. The van der Waals surface area contributed by atoms with Crippen molar-refractivity contribution in [1.82, 2.24) is 19.7 Å². The average Bonchev–Trinajstić information content (AvgIpc) is 3.40. The number of likely N-dealkylation sites (N-methyl/N-ethyl adjacent to an activating group) is 1. The molecule has 3 heterocycles. The van der Waals surface area contributed by atoms with Crippen LogP contribution in [0.2, 0.25) is 0 Å². The number of nitrogens with zero attached hydrogens (tertiary/aromatic N) is 4. The molecule has 3 fully saturated rings. The highest BCUT2D eigenvalue weighted by molar-refractivity contribution is 5.88. The molecular formula is C20H28N4O3. The van der Waals surface area contributed by atoms with Gasteiger partial charge in [-0.2, -0.15) is 0 Å². The SMILES string of the molecule is CN1CC2(CC2)CC(C(=O)O)C1C(=O)N1CCN(Cc2ccccn2)CC1. The van der Waals surface area contributed by atoms with Crippen LogP contribution in [0.1, 0.15) is 25.0 Å². The third-order valence-corrected chi connectivity index (χ3v) is 6.42. The first-order valence-corrected chi connectivity index (χ1v) is 9.82. The Kier molecular flexibility index (Phi) is 4.90. The first-order chi connectivity index (χ1) is 13.0. The van der Waals surface area contributed by atoms with E-state index in [0.29, 0.717) is 19.5 Å². The molecule has 7 heteroatoms. The highest BCUT2D eigenvalue weighted by Gasteiger charge is 2.55. The molecule has 2 atom stereocenters. The Labute approximate surface area is 160 Å². The molecule has 27 heavy (non-hydrogen) atoms. The largest absolute Gasteiger partial charge is 0.481 e. The summed E-state index contributed by atoms with van der Waals surface area (Å²) >= 11 is 0. The molecule has 0 aromatic carbocycles. The highest BCUT2D eigenvalue weighted by atomic mass is 16.4. The van der Waals surface area contributed by atoms with E-state index in [1.165, 1.54) is 0 Å². The van der Waals surface area contributed by atoms with Gasteiger partial charge in [-0.3, -0.25) is 24.4 Å². The summed E-state index contributed by atoms with van der Waals surface area (Å²) in [6.07, 6.45) is 4.62. The van der Waals surface area contributed by atoms with E-state index in [0.717, 1.165) is 44.7 Å². The van der Waals surface area contributed by atoms with Crippen LogP contribution >= 0.6 is 0 Å². The molecule has 1 aromatic rings. The number of carbonyl (C=O) groups is 2. The van der Waals surface area contributed by atoms with Gasteiger partial charge in [0.15, 0.2) is 0 Å². The van der Waals surface area contributed by atoms with Crippen LogP contribution in [0.4, 0.5) is 0 Å². The Balaban J connectivity index is 1.37. The van der Waals surface area contributed by atoms with E-state index < -0.39 is 17.9 Å². The van der Waals surface area contributed by atoms with Crippen molar-refractivity contribution in [3.63, 3.8) is 0 Å². The maximum Gasteiger partial charge on any atom is 0.308 e. The quantitative estimate of drug-likeness (QED) is 0.847. The summed E-state index contributed by atoms with van der Waals surface area (Å²) in [5, 5.41) is 9.73. The Morgan fingerprint density at radius 2 is 1.96 bits per heavy atom. The van der Waals surface area contributed by atoms with E-state index in [4.69, 9.17) is 0 Å². The van der Waals surface area contributed by atoms with Crippen molar-refractivity contribution < 1.29 is 14.7 Å². The molecule has 4 rings (SSSR count). The van der Waals surface area contributed by atoms with Gasteiger partial charge in [-0.25, -0.2) is 0 Å². The van der Waals surface area contributed by atoms with E-state index in [2.05, 4.69) is 9.88 Å². The van der Waals surface area contributed by atoms with Crippen molar-refractivity contribution >= 4 is 11.9 Å². The van der Waals surface area contributed by atoms with Crippen LogP contribution in [-0.2, 0) is 16.1 Å². The van der Waals surface area contributed by atoms with Crippen LogP contribution in [0.25, 0.3) is 0 Å². The zero-order chi connectivity index (χ0) is 19.0. The predicted octanol–water partition coefficient (Wildman–Crippen LogP) is 0.911. The van der Waals surface area contributed by atoms with Gasteiger partial charge in [0.05, 0.1) is 11.6 Å². The number of pyridine rings is 1. The van der Waals surface area contributed by atoms with Crippen LogP contribution in [0.15, 0.2) is 24.4 Å². The fourth-order valence-electron chi connectivity index (χ4n) is 4.73. The number of aromatic nitrogens is 1. The van der Waals surface area contributed by atoms with Gasteiger partial charge in [-0.05, 0) is 43.9 Å². The minimum atomic E-state index is -0.833. The van der Waals surface area contributed by atoms with Crippen LogP contribution in [-0.4, -0.2) is 82.5 Å². The summed E-state index contributed by atoms with van der Waals surface area (Å²) in [5.41, 5.74) is 1.18. The lowest BCUT2D eigenvalue weighted by molar-refractivity contribution is -0.156. The van der Waals surface area contributed by atoms with Crippen LogP contribution in [0.3, 0.4) is 0 Å². The number of likely N-dealkylation sites (tertiary alicyclic amines) is 1. The predicted molar refractivity (Wildman–Crippen MR) is 99.9 cm³/mol. The fraction of sp³-hybridized carbons (Fsp3) is 0.650. The van der Waals surface area contributed by atoms with Gasteiger partial charge in [0, 0.05) is 45.5 Å². The van der Waals surface area contributed by atoms with Gasteiger partial charge in [0.1, 0.15) is 6.04 Å². The maximum atomic E-state index is 13.2. The molecule has 1 saturated carbocycles. The number of aliphatic carboxylic acids is 1. The molecule has 146 valence electrons. The topological polar surface area (TPSA) is 77.0 Å². The molecular weight excluding hydrogens is 344 g/mol. The second-order valence-corrected chi connectivity index (χ2v) is 8.43. The fourth-order valence-corrected chi connectivity index (χ4v) is 4.73. The van der Waals surface area contributed by atoms with E-state index >= 15 is 0 Å². The lowest BCUT2D eigenvalue weighted by Gasteiger charge is -2.44. The van der Waals surface area contributed by atoms with Crippen molar-refractivity contribution in [3.8, 4) is 0 Å². The van der Waals surface area contributed by atoms with Gasteiger partial charge in [-0.15, -0.1) is 0 Å². The van der Waals surface area contributed by atoms with Crippen molar-refractivity contribution in [2.24, 2.45) is 11.3 Å². The number of amides is 1. The smallest absolute Gasteiger partial charge is 0.308 e. The number of rotatable bonds is 4. The molecule has 1 spiro atoms. The molecule has 2 unspecified atom stereocenters. The Bertz CT molecular complexity index is 698. The number of piperazine rings is 1. The minimum absolute atomic E-state index is 0.0158. The van der Waals surface area contributed by atoms with Crippen molar-refractivity contribution in [2.75, 3.05) is 39.8 Å². The summed E-state index contributed by atoms with van der Waals surface area (Å²) in [4.78, 5) is 35.5. The van der Waals surface area contributed by atoms with Crippen LogP contribution in [0.5, 0.6) is 0 Å². The Morgan fingerprint density at radius 1 is 1.22 bits per heavy atom. The molecule has 0 bridgehead atoms. The molecule has 1 N–H and O–H groups in total. The highest BCUT2D eigenvalue weighted by Crippen LogP contribution is 2.54. The lowest BCUT2D eigenvalue weighted by Crippen LogP contribution is -2.60. The number of carboxylic acids is 1. The van der Waals surface area contributed by atoms with E-state index in [1.807, 2.05) is 35.0 Å². The first-order valence-electron chi connectivity index (χ1n) is 9.82. The lowest BCUT2D eigenvalue weighted by atomic mass is 9.80. The molecule has 1 aromatic heterocycles. The summed E-state index contributed by atoms with van der Waals surface area (Å²) in [6.45, 7) is 4.50. The van der Waals surface area contributed by atoms with Gasteiger partial charge in [0.2, 0.25) is 5.91 Å². The molecule has 2 saturated heterocycles. The standard InChI is InChI=1S/C20H28N4O3/c1-22-14-20(5-6-20)12-16(19(26)27)17(22)18(25)24-10-8-23(9-11-24)13-15-4-2-3-7-21-15/h2-4,7,16-17H,5-6,8-14H2,1H3,(H,26,27). The molecule has 2 aliphatic heterocycles. The normalized spacial score (nSPS) is 28.3. The van der Waals surface area contributed by atoms with E-state index in [9.17, 15) is 14.7 Å². The minimum Gasteiger partial charge on any atom is -0.481 e. The number of carbonyl (C=O) groups excluding carboxylic acids is 1. The molecule has 1 amide bonds. The third-order valence-electron chi connectivity index (χ3n) is 6.42. The van der Waals surface area contributed by atoms with Crippen molar-refractivity contribution in [2.45, 2.75) is 31.8 Å². The first kappa shape index (κ1) is 18.4. The summed E-state index contributed by atoms with van der Waals surface area (Å²) in [5.74, 6) is -1.44. The summed E-state index contributed by atoms with van der Waals surface area (Å²) in [7, 11) is 1.91. The number of piperidine rings is 1. The number of hydrogen-bond acceptors (Lipinski definition) is 5. The van der Waals surface area contributed by atoms with Gasteiger partial charge in [-0.1, -0.05) is 6.07 Å². The Morgan fingerprint density at radius 3 is 2.56 bits per heavy atom. The second-order valence-electron chi connectivity index (χ2n) is 8.43. The van der Waals surface area contributed by atoms with Gasteiger partial charge in [0.25, 0.3) is 0 Å². The summed E-state index contributed by atoms with van der Waals surface area (Å²) < 4.78 is 0. The van der Waals surface area contributed by atoms with Crippen LogP contribution in [0, 0.1) is 11.3 Å². The van der Waals surface area contributed by atoms with Crippen molar-refractivity contribution in [3.05, 3.63) is 30.1 Å². The average molecular weight is 372 g/mol. The van der Waals surface area contributed by atoms with Crippen molar-refractivity contribution in [1.29, 1.82) is 0 Å². The van der Waals surface area contributed by atoms with E-state index in [-0.39, 0.29) is 11.3 Å². The van der Waals surface area contributed by atoms with Gasteiger partial charge < -0.3 is 10.0 Å². The molecule has 0 radical (unpaired) electrons. The molecule has 1 aliphatic carbocycles. The summed E-state index contributed by atoms with van der Waals surface area (Å²) in [6, 6.07) is 5.38. The zero-order valence-electron chi connectivity index (χ0n) is 15.9. The number of carboxylic acid groups (broad SMARTS) is 1. The second kappa shape index (κ2) is 7.20. The monoisotopic (exact) mass is 372 g/mol. The number of hydrogen-bond donors (Lipinski definition) is 1. The van der Waals surface area contributed by atoms with Crippen LogP contribution < -0.4 is 0 Å². The Hall–Kier alpha value is -1.99. The molecule has 3 aliphatic rings.